The topological polar surface area (TPSA) is 98.0 Å². The van der Waals surface area contributed by atoms with Crippen LogP contribution in [0.2, 0.25) is 0 Å². The van der Waals surface area contributed by atoms with Crippen LogP contribution in [0.5, 0.6) is 5.75 Å². The molecule has 0 atom stereocenters. The summed E-state index contributed by atoms with van der Waals surface area (Å²) in [5.74, 6) is -0.0590. The molecule has 0 aliphatic heterocycles. The highest BCUT2D eigenvalue weighted by Gasteiger charge is 2.09. The van der Waals surface area contributed by atoms with Crippen LogP contribution in [0.4, 0.5) is 11.5 Å². The fourth-order valence-electron chi connectivity index (χ4n) is 1.54. The Morgan fingerprint density at radius 1 is 1.36 bits per heavy atom. The van der Waals surface area contributed by atoms with Crippen molar-refractivity contribution in [1.82, 2.24) is 4.98 Å². The van der Waals surface area contributed by atoms with E-state index < -0.39 is 5.91 Å². The van der Waals surface area contributed by atoms with E-state index in [1.807, 2.05) is 0 Å². The first kappa shape index (κ1) is 15.5. The third kappa shape index (κ3) is 4.33. The highest BCUT2D eigenvalue weighted by Crippen LogP contribution is 2.16. The van der Waals surface area contributed by atoms with E-state index in [1.165, 1.54) is 18.3 Å². The quantitative estimate of drug-likeness (QED) is 0.576. The minimum Gasteiger partial charge on any atom is -0.508 e. The monoisotopic (exact) mass is 358 g/mol. The molecule has 1 heterocycles. The normalized spacial score (nSPS) is 10.6. The van der Waals surface area contributed by atoms with E-state index in [9.17, 15) is 9.90 Å². The molecule has 6 nitrogen and oxygen atoms in total. The molecular formula is C15H11BrN4O2. The molecule has 0 spiro atoms. The number of carbonyl (C=O) groups is 1. The minimum absolute atomic E-state index is 0.0254. The second-order valence-corrected chi connectivity index (χ2v) is 5.10. The summed E-state index contributed by atoms with van der Waals surface area (Å²) in [5.41, 5.74) is 0.279. The Bertz CT molecular complexity index is 751. The Labute approximate surface area is 135 Å². The molecule has 0 saturated carbocycles. The number of rotatable bonds is 4. The molecule has 0 radical (unpaired) electrons. The van der Waals surface area contributed by atoms with Crippen molar-refractivity contribution in [2.24, 2.45) is 0 Å². The number of aromatic nitrogens is 1. The molecule has 0 fully saturated rings. The zero-order valence-corrected chi connectivity index (χ0v) is 12.8. The summed E-state index contributed by atoms with van der Waals surface area (Å²) in [6.45, 7) is 0. The molecule has 22 heavy (non-hydrogen) atoms. The van der Waals surface area contributed by atoms with Crippen molar-refractivity contribution in [3.8, 4) is 11.8 Å². The molecule has 110 valence electrons. The first-order valence-corrected chi connectivity index (χ1v) is 6.96. The SMILES string of the molecule is N#C/C(=C/Nc1ccc(Br)cn1)C(=O)Nc1cccc(O)c1. The lowest BCUT2D eigenvalue weighted by Crippen LogP contribution is -2.14. The molecule has 3 N–H and O–H groups in total. The average Bonchev–Trinajstić information content (AvgIpc) is 2.49. The first-order chi connectivity index (χ1) is 10.6. The summed E-state index contributed by atoms with van der Waals surface area (Å²) < 4.78 is 0.823. The Hall–Kier alpha value is -2.85. The number of carbonyl (C=O) groups excluding carboxylic acids is 1. The minimum atomic E-state index is -0.585. The van der Waals surface area contributed by atoms with Crippen molar-refractivity contribution in [2.75, 3.05) is 10.6 Å². The summed E-state index contributed by atoms with van der Waals surface area (Å²) in [5, 5.41) is 23.7. The number of hydrogen-bond donors (Lipinski definition) is 3. The zero-order valence-electron chi connectivity index (χ0n) is 11.2. The van der Waals surface area contributed by atoms with Crippen molar-refractivity contribution < 1.29 is 9.90 Å². The van der Waals surface area contributed by atoms with Gasteiger partial charge in [0.25, 0.3) is 5.91 Å². The van der Waals surface area contributed by atoms with Gasteiger partial charge in [-0.15, -0.1) is 0 Å². The van der Waals surface area contributed by atoms with Gasteiger partial charge in [0.2, 0.25) is 0 Å². The maximum atomic E-state index is 12.0. The number of amides is 1. The van der Waals surface area contributed by atoms with Crippen LogP contribution in [0.25, 0.3) is 0 Å². The third-order valence-corrected chi connectivity index (χ3v) is 3.03. The van der Waals surface area contributed by atoms with Crippen LogP contribution in [-0.2, 0) is 4.79 Å². The van der Waals surface area contributed by atoms with Crippen molar-refractivity contribution in [1.29, 1.82) is 5.26 Å². The first-order valence-electron chi connectivity index (χ1n) is 6.17. The summed E-state index contributed by atoms with van der Waals surface area (Å²) in [4.78, 5) is 16.0. The summed E-state index contributed by atoms with van der Waals surface area (Å²) in [7, 11) is 0. The van der Waals surface area contributed by atoms with Gasteiger partial charge in [0, 0.05) is 28.6 Å². The number of benzene rings is 1. The highest BCUT2D eigenvalue weighted by molar-refractivity contribution is 9.10. The van der Waals surface area contributed by atoms with E-state index in [0.29, 0.717) is 11.5 Å². The lowest BCUT2D eigenvalue weighted by Gasteiger charge is -2.05. The van der Waals surface area contributed by atoms with Crippen LogP contribution in [0.1, 0.15) is 0 Å². The Morgan fingerprint density at radius 2 is 2.18 bits per heavy atom. The molecule has 1 aromatic heterocycles. The number of hydrogen-bond acceptors (Lipinski definition) is 5. The van der Waals surface area contributed by atoms with Crippen molar-refractivity contribution in [3.63, 3.8) is 0 Å². The maximum absolute atomic E-state index is 12.0. The molecule has 0 saturated heterocycles. The Morgan fingerprint density at radius 3 is 2.82 bits per heavy atom. The van der Waals surface area contributed by atoms with Crippen LogP contribution < -0.4 is 10.6 Å². The van der Waals surface area contributed by atoms with Gasteiger partial charge in [-0.05, 0) is 40.2 Å². The molecule has 0 unspecified atom stereocenters. The number of nitriles is 1. The van der Waals surface area contributed by atoms with Crippen molar-refractivity contribution in [2.45, 2.75) is 0 Å². The molecule has 0 aliphatic rings. The van der Waals surface area contributed by atoms with E-state index in [2.05, 4.69) is 31.5 Å². The Kier molecular flexibility index (Phi) is 5.11. The number of aromatic hydroxyl groups is 1. The van der Waals surface area contributed by atoms with E-state index in [1.54, 1.807) is 36.5 Å². The Balaban J connectivity index is 2.07. The van der Waals surface area contributed by atoms with Gasteiger partial charge in [-0.2, -0.15) is 5.26 Å². The second-order valence-electron chi connectivity index (χ2n) is 4.18. The molecule has 1 amide bonds. The highest BCUT2D eigenvalue weighted by atomic mass is 79.9. The van der Waals surface area contributed by atoms with Gasteiger partial charge < -0.3 is 15.7 Å². The molecule has 0 bridgehead atoms. The fraction of sp³-hybridized carbons (Fsp3) is 0. The number of halogens is 1. The van der Waals surface area contributed by atoms with E-state index in [-0.39, 0.29) is 11.3 Å². The van der Waals surface area contributed by atoms with Crippen LogP contribution >= 0.6 is 15.9 Å². The molecule has 1 aromatic carbocycles. The predicted octanol–water partition coefficient (Wildman–Crippen LogP) is 3.01. The number of anilines is 2. The van der Waals surface area contributed by atoms with Crippen LogP contribution in [0.3, 0.4) is 0 Å². The van der Waals surface area contributed by atoms with Gasteiger partial charge in [-0.3, -0.25) is 4.79 Å². The smallest absolute Gasteiger partial charge is 0.267 e. The standard InChI is InChI=1S/C15H11BrN4O2/c16-11-4-5-14(19-9-11)18-8-10(7-17)15(22)20-12-2-1-3-13(21)6-12/h1-6,8-9,21H,(H,18,19)(H,20,22)/b10-8-. The number of phenols is 1. The lowest BCUT2D eigenvalue weighted by molar-refractivity contribution is -0.112. The summed E-state index contributed by atoms with van der Waals surface area (Å²) in [6, 6.07) is 11.3. The van der Waals surface area contributed by atoms with Crippen LogP contribution in [0.15, 0.2) is 58.8 Å². The van der Waals surface area contributed by atoms with Gasteiger partial charge in [-0.1, -0.05) is 6.07 Å². The number of nitrogens with zero attached hydrogens (tertiary/aromatic N) is 2. The van der Waals surface area contributed by atoms with E-state index in [0.717, 1.165) is 4.47 Å². The van der Waals surface area contributed by atoms with Gasteiger partial charge in [0.05, 0.1) is 0 Å². The second kappa shape index (κ2) is 7.24. The van der Waals surface area contributed by atoms with Gasteiger partial charge in [-0.25, -0.2) is 4.98 Å². The van der Waals surface area contributed by atoms with Crippen LogP contribution in [-0.4, -0.2) is 16.0 Å². The van der Waals surface area contributed by atoms with Gasteiger partial charge >= 0.3 is 0 Å². The predicted molar refractivity (Wildman–Crippen MR) is 86.0 cm³/mol. The van der Waals surface area contributed by atoms with E-state index in [4.69, 9.17) is 5.26 Å². The summed E-state index contributed by atoms with van der Waals surface area (Å²) >= 11 is 3.26. The fourth-order valence-corrected chi connectivity index (χ4v) is 1.77. The molecular weight excluding hydrogens is 348 g/mol. The molecule has 0 aliphatic carbocycles. The molecule has 2 rings (SSSR count). The van der Waals surface area contributed by atoms with Crippen molar-refractivity contribution in [3.05, 3.63) is 58.8 Å². The van der Waals surface area contributed by atoms with Crippen molar-refractivity contribution >= 4 is 33.3 Å². The van der Waals surface area contributed by atoms with Gasteiger partial charge in [0.1, 0.15) is 23.2 Å². The van der Waals surface area contributed by atoms with Crippen LogP contribution in [0, 0.1) is 11.3 Å². The van der Waals surface area contributed by atoms with E-state index >= 15 is 0 Å². The lowest BCUT2D eigenvalue weighted by atomic mass is 10.2. The molecule has 2 aromatic rings. The zero-order chi connectivity index (χ0) is 15.9. The third-order valence-electron chi connectivity index (χ3n) is 2.56. The number of pyridine rings is 1. The number of phenolic OH excluding ortho intramolecular Hbond substituents is 1. The average molecular weight is 359 g/mol. The summed E-state index contributed by atoms with van der Waals surface area (Å²) in [6.07, 6.45) is 2.86. The largest absolute Gasteiger partial charge is 0.508 e. The molecule has 7 heteroatoms. The van der Waals surface area contributed by atoms with Gasteiger partial charge in [0.15, 0.2) is 0 Å². The maximum Gasteiger partial charge on any atom is 0.267 e. The number of nitrogens with one attached hydrogen (secondary N) is 2.